The zero-order valence-corrected chi connectivity index (χ0v) is 14.3. The second kappa shape index (κ2) is 6.81. The summed E-state index contributed by atoms with van der Waals surface area (Å²) in [6, 6.07) is 7.58. The number of amides is 2. The summed E-state index contributed by atoms with van der Waals surface area (Å²) in [5, 5.41) is 6.10. The summed E-state index contributed by atoms with van der Waals surface area (Å²) in [5.41, 5.74) is 0.450. The molecule has 1 aliphatic heterocycles. The van der Waals surface area contributed by atoms with Gasteiger partial charge in [0.15, 0.2) is 6.61 Å². The maximum atomic E-state index is 12.8. The third-order valence-electron chi connectivity index (χ3n) is 5.09. The van der Waals surface area contributed by atoms with Crippen LogP contribution in [0.25, 0.3) is 0 Å². The number of nitrogens with one attached hydrogen (secondary N) is 2. The molecule has 1 aromatic rings. The van der Waals surface area contributed by atoms with Crippen molar-refractivity contribution in [3.63, 3.8) is 0 Å². The Balaban J connectivity index is 1.83. The van der Waals surface area contributed by atoms with Gasteiger partial charge in [0.05, 0.1) is 5.54 Å². The molecule has 24 heavy (non-hydrogen) atoms. The number of carbonyl (C=O) groups is 2. The highest BCUT2D eigenvalue weighted by Gasteiger charge is 2.50. The lowest BCUT2D eigenvalue weighted by Crippen LogP contribution is -2.48. The highest BCUT2D eigenvalue weighted by Crippen LogP contribution is 2.40. The molecule has 6 nitrogen and oxygen atoms in total. The van der Waals surface area contributed by atoms with Gasteiger partial charge in [-0.2, -0.15) is 0 Å². The number of hydrogen-bond donors (Lipinski definition) is 2. The number of rotatable bonds is 4. The van der Waals surface area contributed by atoms with E-state index < -0.39 is 5.54 Å². The summed E-state index contributed by atoms with van der Waals surface area (Å²) in [5.74, 6) is 0.608. The molecule has 0 aromatic heterocycles. The van der Waals surface area contributed by atoms with Crippen LogP contribution in [0.3, 0.4) is 0 Å². The second-order valence-electron chi connectivity index (χ2n) is 6.61. The van der Waals surface area contributed by atoms with Crippen LogP contribution in [0.4, 0.5) is 0 Å². The molecule has 1 spiro atoms. The first kappa shape index (κ1) is 16.8. The predicted molar refractivity (Wildman–Crippen MR) is 90.5 cm³/mol. The molecule has 0 bridgehead atoms. The lowest BCUT2D eigenvalue weighted by molar-refractivity contribution is -0.133. The summed E-state index contributed by atoms with van der Waals surface area (Å²) in [6.07, 6.45) is 4.89. The van der Waals surface area contributed by atoms with E-state index in [0.29, 0.717) is 5.75 Å². The number of carbonyl (C=O) groups excluding carboxylic acids is 2. The molecule has 1 aromatic carbocycles. The molecule has 3 rings (SSSR count). The fraction of sp³-hybridized carbons (Fsp3) is 0.556. The molecule has 1 unspecified atom stereocenters. The average Bonchev–Trinajstić information content (AvgIpc) is 2.86. The number of nitrogens with zero attached hydrogens (tertiary/aromatic N) is 1. The SMILES string of the molecule is CNC(=O)COc1ccccc1C1NC2(CCCCC2)C(=O)N1C. The third kappa shape index (κ3) is 2.98. The van der Waals surface area contributed by atoms with E-state index in [1.54, 1.807) is 11.9 Å². The van der Waals surface area contributed by atoms with Gasteiger partial charge in [-0.25, -0.2) is 0 Å². The number of hydrogen-bond acceptors (Lipinski definition) is 4. The van der Waals surface area contributed by atoms with E-state index in [1.807, 2.05) is 31.3 Å². The van der Waals surface area contributed by atoms with Crippen LogP contribution >= 0.6 is 0 Å². The van der Waals surface area contributed by atoms with Gasteiger partial charge in [-0.05, 0) is 18.9 Å². The molecule has 6 heteroatoms. The molecule has 2 amide bonds. The van der Waals surface area contributed by atoms with Gasteiger partial charge < -0.3 is 15.0 Å². The summed E-state index contributed by atoms with van der Waals surface area (Å²) in [7, 11) is 3.41. The van der Waals surface area contributed by atoms with Crippen LogP contribution in [0.15, 0.2) is 24.3 Å². The average molecular weight is 331 g/mol. The van der Waals surface area contributed by atoms with Crippen molar-refractivity contribution in [1.82, 2.24) is 15.5 Å². The first-order chi connectivity index (χ1) is 11.6. The van der Waals surface area contributed by atoms with Gasteiger partial charge in [-0.1, -0.05) is 37.5 Å². The van der Waals surface area contributed by atoms with Crippen LogP contribution in [0.2, 0.25) is 0 Å². The monoisotopic (exact) mass is 331 g/mol. The Bertz CT molecular complexity index is 626. The maximum absolute atomic E-state index is 12.8. The van der Waals surface area contributed by atoms with Gasteiger partial charge in [0, 0.05) is 19.7 Å². The van der Waals surface area contributed by atoms with Gasteiger partial charge in [-0.3, -0.25) is 14.9 Å². The molecule has 1 atom stereocenters. The molecule has 2 fully saturated rings. The van der Waals surface area contributed by atoms with Crippen molar-refractivity contribution < 1.29 is 14.3 Å². The minimum Gasteiger partial charge on any atom is -0.483 e. The van der Waals surface area contributed by atoms with Crippen LogP contribution in [0.5, 0.6) is 5.75 Å². The Kier molecular flexibility index (Phi) is 4.76. The Morgan fingerprint density at radius 1 is 1.33 bits per heavy atom. The van der Waals surface area contributed by atoms with Crippen molar-refractivity contribution in [2.24, 2.45) is 0 Å². The molecule has 130 valence electrons. The first-order valence-corrected chi connectivity index (χ1v) is 8.55. The van der Waals surface area contributed by atoms with E-state index in [9.17, 15) is 9.59 Å². The van der Waals surface area contributed by atoms with Crippen molar-refractivity contribution in [2.75, 3.05) is 20.7 Å². The quantitative estimate of drug-likeness (QED) is 0.879. The fourth-order valence-electron chi connectivity index (χ4n) is 3.73. The zero-order chi connectivity index (χ0) is 17.2. The van der Waals surface area contributed by atoms with Crippen LogP contribution in [-0.4, -0.2) is 43.0 Å². The molecule has 1 heterocycles. The van der Waals surface area contributed by atoms with Crippen LogP contribution in [0.1, 0.15) is 43.8 Å². The smallest absolute Gasteiger partial charge is 0.257 e. The summed E-state index contributed by atoms with van der Waals surface area (Å²) in [4.78, 5) is 26.1. The van der Waals surface area contributed by atoms with Crippen LogP contribution in [-0.2, 0) is 9.59 Å². The maximum Gasteiger partial charge on any atom is 0.257 e. The Morgan fingerprint density at radius 3 is 2.75 bits per heavy atom. The Labute approximate surface area is 142 Å². The highest BCUT2D eigenvalue weighted by atomic mass is 16.5. The Hall–Kier alpha value is -2.08. The summed E-state index contributed by atoms with van der Waals surface area (Å²) in [6.45, 7) is -0.0387. The van der Waals surface area contributed by atoms with Gasteiger partial charge in [0.1, 0.15) is 11.9 Å². The zero-order valence-electron chi connectivity index (χ0n) is 14.3. The van der Waals surface area contributed by atoms with Crippen LogP contribution < -0.4 is 15.4 Å². The van der Waals surface area contributed by atoms with Gasteiger partial charge in [0.25, 0.3) is 5.91 Å². The topological polar surface area (TPSA) is 70.7 Å². The molecule has 1 aliphatic carbocycles. The number of ether oxygens (including phenoxy) is 1. The van der Waals surface area contributed by atoms with Gasteiger partial charge >= 0.3 is 0 Å². The summed E-state index contributed by atoms with van der Waals surface area (Å²) >= 11 is 0. The molecular formula is C18H25N3O3. The number of likely N-dealkylation sites (N-methyl/N-ethyl adjacent to an activating group) is 2. The van der Waals surface area contributed by atoms with E-state index in [0.717, 1.165) is 31.2 Å². The van der Waals surface area contributed by atoms with E-state index in [1.165, 1.54) is 6.42 Å². The molecule has 2 N–H and O–H groups in total. The normalized spacial score (nSPS) is 22.7. The largest absolute Gasteiger partial charge is 0.483 e. The van der Waals surface area contributed by atoms with E-state index in [-0.39, 0.29) is 24.6 Å². The fourth-order valence-corrected chi connectivity index (χ4v) is 3.73. The standard InChI is InChI=1S/C18H25N3O3/c1-19-15(22)12-24-14-9-5-4-8-13(14)16-20-18(17(23)21(16)2)10-6-3-7-11-18/h4-5,8-9,16,20H,3,6-7,10-12H2,1-2H3,(H,19,22). The van der Waals surface area contributed by atoms with Crippen LogP contribution in [0, 0.1) is 0 Å². The van der Waals surface area contributed by atoms with E-state index in [4.69, 9.17) is 4.74 Å². The molecule has 2 aliphatic rings. The number of para-hydroxylation sites is 1. The van der Waals surface area contributed by atoms with Crippen molar-refractivity contribution in [2.45, 2.75) is 43.8 Å². The molecule has 0 radical (unpaired) electrons. The predicted octanol–water partition coefficient (Wildman–Crippen LogP) is 1.57. The third-order valence-corrected chi connectivity index (χ3v) is 5.09. The van der Waals surface area contributed by atoms with Crippen molar-refractivity contribution in [1.29, 1.82) is 0 Å². The minimum absolute atomic E-state index is 0.0387. The molecule has 1 saturated carbocycles. The molecular weight excluding hydrogens is 306 g/mol. The number of benzene rings is 1. The lowest BCUT2D eigenvalue weighted by Gasteiger charge is -2.31. The second-order valence-corrected chi connectivity index (χ2v) is 6.61. The minimum atomic E-state index is -0.439. The van der Waals surface area contributed by atoms with E-state index >= 15 is 0 Å². The van der Waals surface area contributed by atoms with Gasteiger partial charge in [-0.15, -0.1) is 0 Å². The van der Waals surface area contributed by atoms with Crippen molar-refractivity contribution in [3.8, 4) is 5.75 Å². The lowest BCUT2D eigenvalue weighted by atomic mass is 9.82. The highest BCUT2D eigenvalue weighted by molar-refractivity contribution is 5.89. The van der Waals surface area contributed by atoms with E-state index in [2.05, 4.69) is 10.6 Å². The summed E-state index contributed by atoms with van der Waals surface area (Å²) < 4.78 is 5.67. The van der Waals surface area contributed by atoms with Gasteiger partial charge in [0.2, 0.25) is 5.91 Å². The molecule has 1 saturated heterocycles. The van der Waals surface area contributed by atoms with Crippen molar-refractivity contribution >= 4 is 11.8 Å². The first-order valence-electron chi connectivity index (χ1n) is 8.55. The van der Waals surface area contributed by atoms with Crippen molar-refractivity contribution in [3.05, 3.63) is 29.8 Å². The Morgan fingerprint density at radius 2 is 2.04 bits per heavy atom.